The number of benzene rings is 4. The molecule has 5 rings (SSSR count). The van der Waals surface area contributed by atoms with Gasteiger partial charge in [0.15, 0.2) is 0 Å². The average Bonchev–Trinajstić information content (AvgIpc) is 2.97. The third-order valence-electron chi connectivity index (χ3n) is 6.32. The Morgan fingerprint density at radius 2 is 1.30 bits per heavy atom. The second-order valence-corrected chi connectivity index (χ2v) is 12.9. The number of rotatable bonds is 7. The Morgan fingerprint density at radius 3 is 1.82 bits per heavy atom. The predicted octanol–water partition coefficient (Wildman–Crippen LogP) is 8.65. The normalized spacial score (nSPS) is 15.2. The van der Waals surface area contributed by atoms with Gasteiger partial charge in [-0.15, -0.1) is 0 Å². The van der Waals surface area contributed by atoms with Crippen LogP contribution in [-0.2, 0) is 4.52 Å². The Kier molecular flexibility index (Phi) is 6.63. The third kappa shape index (κ3) is 4.51. The molecular formula is C28H29O3PSe. The molecule has 0 fully saturated rings. The Balaban J connectivity index is 1.68. The maximum atomic E-state index is 6.63. The van der Waals surface area contributed by atoms with E-state index in [2.05, 4.69) is 102 Å². The molecule has 0 aliphatic carbocycles. The van der Waals surface area contributed by atoms with Gasteiger partial charge in [0.05, 0.1) is 0 Å². The van der Waals surface area contributed by atoms with Crippen LogP contribution in [0.25, 0.3) is 32.7 Å². The van der Waals surface area contributed by atoms with Crippen LogP contribution in [0.3, 0.4) is 0 Å². The fraction of sp³-hybridized carbons (Fsp3) is 0.286. The van der Waals surface area contributed by atoms with Gasteiger partial charge in [-0.05, 0) is 0 Å². The molecule has 0 amide bonds. The van der Waals surface area contributed by atoms with E-state index in [9.17, 15) is 0 Å². The third-order valence-corrected chi connectivity index (χ3v) is 9.19. The minimum absolute atomic E-state index is 0.0945. The fourth-order valence-corrected chi connectivity index (χ4v) is 7.92. The number of hydrogen-bond donors (Lipinski definition) is 0. The molecule has 0 saturated heterocycles. The predicted molar refractivity (Wildman–Crippen MR) is 140 cm³/mol. The molecule has 0 saturated carbocycles. The summed E-state index contributed by atoms with van der Waals surface area (Å²) < 4.78 is 19.9. The summed E-state index contributed by atoms with van der Waals surface area (Å²) in [7, 11) is 0. The molecule has 3 nitrogen and oxygen atoms in total. The first-order valence-corrected chi connectivity index (χ1v) is 15.6. The first-order chi connectivity index (χ1) is 16.1. The van der Waals surface area contributed by atoms with Crippen LogP contribution in [0.2, 0.25) is 0 Å². The van der Waals surface area contributed by atoms with Crippen LogP contribution in [-0.4, -0.2) is 21.2 Å². The molecule has 0 bridgehead atoms. The van der Waals surface area contributed by atoms with E-state index in [1.807, 2.05) is 0 Å². The SMILES string of the molecule is CCCCCC(CC)OP1(=[Se])Oc2ccc3ccccc3c2-c2c(ccc3ccccc23)O1. The Morgan fingerprint density at radius 1 is 0.758 bits per heavy atom. The summed E-state index contributed by atoms with van der Waals surface area (Å²) in [5, 5.41) is 4.66. The van der Waals surface area contributed by atoms with E-state index in [1.165, 1.54) is 23.6 Å². The van der Waals surface area contributed by atoms with Gasteiger partial charge in [0.1, 0.15) is 0 Å². The van der Waals surface area contributed by atoms with Gasteiger partial charge in [-0.3, -0.25) is 0 Å². The standard InChI is InChI=1S/C28H29O3PSe/c1-3-5-6-13-22(4-2)29-32(33)30-25-18-16-20-11-7-9-14-23(20)27(25)28-24-15-10-8-12-21(24)17-19-26(28)31-32/h7-12,14-19,22H,3-6,13H2,1-2H3. The summed E-state index contributed by atoms with van der Waals surface area (Å²) in [5.41, 5.74) is 2.14. The number of unbranched alkanes of at least 4 members (excludes halogenated alkanes) is 2. The zero-order valence-electron chi connectivity index (χ0n) is 19.1. The molecule has 0 aromatic heterocycles. The molecule has 0 radical (unpaired) electrons. The molecule has 1 heterocycles. The molecule has 4 aromatic rings. The molecule has 33 heavy (non-hydrogen) atoms. The van der Waals surface area contributed by atoms with Crippen LogP contribution in [0.4, 0.5) is 0 Å². The van der Waals surface area contributed by atoms with Gasteiger partial charge in [-0.1, -0.05) is 0 Å². The van der Waals surface area contributed by atoms with Gasteiger partial charge in [-0.25, -0.2) is 0 Å². The zero-order valence-corrected chi connectivity index (χ0v) is 21.7. The van der Waals surface area contributed by atoms with Crippen LogP contribution < -0.4 is 9.05 Å². The molecule has 0 spiro atoms. The van der Waals surface area contributed by atoms with Crippen molar-refractivity contribution in [3.05, 3.63) is 72.8 Å². The molecule has 1 atom stereocenters. The molecule has 1 unspecified atom stereocenters. The summed E-state index contributed by atoms with van der Waals surface area (Å²) in [4.78, 5) is 0. The van der Waals surface area contributed by atoms with E-state index in [-0.39, 0.29) is 6.10 Å². The van der Waals surface area contributed by atoms with E-state index in [4.69, 9.17) is 13.6 Å². The van der Waals surface area contributed by atoms with Crippen molar-refractivity contribution in [3.63, 3.8) is 0 Å². The molecule has 4 aromatic carbocycles. The van der Waals surface area contributed by atoms with E-state index in [0.717, 1.165) is 52.7 Å². The van der Waals surface area contributed by atoms with E-state index in [0.29, 0.717) is 0 Å². The van der Waals surface area contributed by atoms with Crippen molar-refractivity contribution < 1.29 is 13.6 Å². The van der Waals surface area contributed by atoms with Crippen molar-refractivity contribution >= 4 is 42.8 Å². The van der Waals surface area contributed by atoms with Crippen molar-refractivity contribution in [2.24, 2.45) is 0 Å². The topological polar surface area (TPSA) is 27.7 Å². The van der Waals surface area contributed by atoms with Crippen molar-refractivity contribution in [1.82, 2.24) is 0 Å². The van der Waals surface area contributed by atoms with Crippen LogP contribution in [0.1, 0.15) is 46.0 Å². The molecule has 1 aliphatic heterocycles. The van der Waals surface area contributed by atoms with E-state index < -0.39 is 6.19 Å². The van der Waals surface area contributed by atoms with Crippen molar-refractivity contribution in [1.29, 1.82) is 0 Å². The molecular weight excluding hydrogens is 494 g/mol. The summed E-state index contributed by atoms with van der Waals surface area (Å²) in [6.45, 7) is 4.40. The molecule has 0 N–H and O–H groups in total. The first-order valence-electron chi connectivity index (χ1n) is 11.8. The van der Waals surface area contributed by atoms with Crippen LogP contribution >= 0.6 is 6.19 Å². The summed E-state index contributed by atoms with van der Waals surface area (Å²) in [6.07, 6.45) is 2.82. The van der Waals surface area contributed by atoms with Crippen LogP contribution in [0.5, 0.6) is 11.5 Å². The Bertz CT molecular complexity index is 1260. The van der Waals surface area contributed by atoms with E-state index >= 15 is 0 Å². The summed E-state index contributed by atoms with van der Waals surface area (Å²) in [6, 6.07) is 25.3. The van der Waals surface area contributed by atoms with E-state index in [1.54, 1.807) is 0 Å². The van der Waals surface area contributed by atoms with Gasteiger partial charge in [0.25, 0.3) is 0 Å². The van der Waals surface area contributed by atoms with Gasteiger partial charge in [0.2, 0.25) is 0 Å². The van der Waals surface area contributed by atoms with Crippen molar-refractivity contribution in [2.75, 3.05) is 0 Å². The number of hydrogen-bond acceptors (Lipinski definition) is 3. The van der Waals surface area contributed by atoms with Crippen molar-refractivity contribution in [2.45, 2.75) is 52.1 Å². The van der Waals surface area contributed by atoms with Gasteiger partial charge < -0.3 is 0 Å². The zero-order chi connectivity index (χ0) is 22.8. The average molecular weight is 523 g/mol. The molecule has 1 aliphatic rings. The quantitative estimate of drug-likeness (QED) is 0.138. The summed E-state index contributed by atoms with van der Waals surface area (Å²) >= 11 is 3.21. The fourth-order valence-electron chi connectivity index (χ4n) is 4.61. The minimum atomic E-state index is -2.77. The first kappa shape index (κ1) is 22.7. The van der Waals surface area contributed by atoms with Crippen LogP contribution in [0.15, 0.2) is 72.8 Å². The van der Waals surface area contributed by atoms with Crippen molar-refractivity contribution in [3.8, 4) is 22.6 Å². The van der Waals surface area contributed by atoms with Gasteiger partial charge >= 0.3 is 204 Å². The van der Waals surface area contributed by atoms with Crippen LogP contribution in [0, 0.1) is 0 Å². The Labute approximate surface area is 203 Å². The Hall–Kier alpha value is -2.09. The van der Waals surface area contributed by atoms with Gasteiger partial charge in [-0.2, -0.15) is 0 Å². The summed E-state index contributed by atoms with van der Waals surface area (Å²) in [5.74, 6) is 1.61. The molecule has 5 heteroatoms. The number of fused-ring (bicyclic) bond motifs is 7. The monoisotopic (exact) mass is 524 g/mol. The molecule has 170 valence electrons. The van der Waals surface area contributed by atoms with Gasteiger partial charge in [0, 0.05) is 0 Å². The maximum absolute atomic E-state index is 6.63. The second kappa shape index (κ2) is 9.64. The second-order valence-electron chi connectivity index (χ2n) is 8.58.